The van der Waals surface area contributed by atoms with E-state index in [4.69, 9.17) is 9.47 Å². The molecule has 0 spiro atoms. The van der Waals surface area contributed by atoms with Gasteiger partial charge in [-0.25, -0.2) is 5.01 Å². The molecular weight excluding hydrogens is 406 g/mol. The molecule has 1 unspecified atom stereocenters. The van der Waals surface area contributed by atoms with Crippen molar-refractivity contribution < 1.29 is 19.1 Å². The van der Waals surface area contributed by atoms with Gasteiger partial charge in [0.05, 0.1) is 32.5 Å². The summed E-state index contributed by atoms with van der Waals surface area (Å²) in [6.45, 7) is 1.25. The van der Waals surface area contributed by atoms with E-state index in [-0.39, 0.29) is 30.7 Å². The minimum absolute atomic E-state index is 0.00909. The Kier molecular flexibility index (Phi) is 6.73. The van der Waals surface area contributed by atoms with E-state index >= 15 is 0 Å². The minimum atomic E-state index is -0.109. The Labute approximate surface area is 188 Å². The molecule has 1 saturated heterocycles. The zero-order chi connectivity index (χ0) is 22.5. The van der Waals surface area contributed by atoms with E-state index in [0.29, 0.717) is 24.6 Å². The minimum Gasteiger partial charge on any atom is -0.497 e. The molecule has 0 bridgehead atoms. The van der Waals surface area contributed by atoms with Gasteiger partial charge in [0.1, 0.15) is 11.5 Å². The van der Waals surface area contributed by atoms with Crippen LogP contribution >= 0.6 is 0 Å². The topological polar surface area (TPSA) is 71.4 Å². The third-order valence-corrected chi connectivity index (χ3v) is 6.12. The molecule has 2 aliphatic heterocycles. The number of amides is 2. The fraction of sp³-hybridized carbons (Fsp3) is 0.400. The summed E-state index contributed by atoms with van der Waals surface area (Å²) in [6, 6.07) is 15.5. The van der Waals surface area contributed by atoms with Crippen LogP contribution in [0.1, 0.15) is 49.3 Å². The van der Waals surface area contributed by atoms with Crippen LogP contribution in [0.25, 0.3) is 0 Å². The zero-order valence-corrected chi connectivity index (χ0v) is 18.6. The van der Waals surface area contributed by atoms with Gasteiger partial charge in [-0.05, 0) is 30.5 Å². The van der Waals surface area contributed by atoms with Crippen LogP contribution in [0.15, 0.2) is 53.6 Å². The molecule has 2 aromatic carbocycles. The first-order chi connectivity index (χ1) is 15.6. The third-order valence-electron chi connectivity index (χ3n) is 6.12. The highest BCUT2D eigenvalue weighted by molar-refractivity contribution is 6.02. The average molecular weight is 436 g/mol. The summed E-state index contributed by atoms with van der Waals surface area (Å²) in [5.74, 6) is 1.31. The second-order valence-corrected chi connectivity index (χ2v) is 8.03. The number of rotatable bonds is 7. The SMILES string of the molecule is COc1ccc(C2CCCN2C(=O)CCC(=O)N2CCC(c3ccccc3)=N2)c(OC)c1. The molecule has 4 rings (SSSR count). The van der Waals surface area contributed by atoms with E-state index in [1.807, 2.05) is 53.4 Å². The second kappa shape index (κ2) is 9.85. The molecule has 0 radical (unpaired) electrons. The number of likely N-dealkylation sites (tertiary alicyclic amines) is 1. The van der Waals surface area contributed by atoms with E-state index in [2.05, 4.69) is 5.10 Å². The molecule has 0 aliphatic carbocycles. The van der Waals surface area contributed by atoms with E-state index in [0.717, 1.165) is 36.1 Å². The van der Waals surface area contributed by atoms with E-state index < -0.39 is 0 Å². The number of benzene rings is 2. The van der Waals surface area contributed by atoms with Crippen molar-refractivity contribution >= 4 is 17.5 Å². The highest BCUT2D eigenvalue weighted by atomic mass is 16.5. The fourth-order valence-corrected chi connectivity index (χ4v) is 4.44. The summed E-state index contributed by atoms with van der Waals surface area (Å²) in [4.78, 5) is 27.6. The Hall–Kier alpha value is -3.35. The molecule has 0 saturated carbocycles. The summed E-state index contributed by atoms with van der Waals surface area (Å²) in [7, 11) is 3.24. The Bertz CT molecular complexity index is 1010. The van der Waals surface area contributed by atoms with Crippen LogP contribution in [-0.2, 0) is 9.59 Å². The van der Waals surface area contributed by atoms with Gasteiger partial charge in [0.2, 0.25) is 11.8 Å². The van der Waals surface area contributed by atoms with E-state index in [1.165, 1.54) is 5.01 Å². The van der Waals surface area contributed by atoms with Crippen molar-refractivity contribution in [2.24, 2.45) is 5.10 Å². The molecule has 2 heterocycles. The van der Waals surface area contributed by atoms with Crippen LogP contribution in [-0.4, -0.2) is 54.7 Å². The summed E-state index contributed by atoms with van der Waals surface area (Å²) < 4.78 is 10.8. The Morgan fingerprint density at radius 3 is 2.53 bits per heavy atom. The number of hydrogen-bond acceptors (Lipinski definition) is 5. The number of hydrazone groups is 1. The molecule has 1 fully saturated rings. The van der Waals surface area contributed by atoms with Gasteiger partial charge in [-0.3, -0.25) is 9.59 Å². The summed E-state index contributed by atoms with van der Waals surface area (Å²) >= 11 is 0. The van der Waals surface area contributed by atoms with Crippen molar-refractivity contribution in [3.63, 3.8) is 0 Å². The van der Waals surface area contributed by atoms with Gasteiger partial charge in [0.25, 0.3) is 0 Å². The lowest BCUT2D eigenvalue weighted by atomic mass is 10.0. The van der Waals surface area contributed by atoms with Gasteiger partial charge < -0.3 is 14.4 Å². The molecule has 168 valence electrons. The molecule has 2 amide bonds. The number of hydrogen-bond donors (Lipinski definition) is 0. The van der Waals surface area contributed by atoms with Gasteiger partial charge in [0.15, 0.2) is 0 Å². The van der Waals surface area contributed by atoms with Crippen LogP contribution in [0.5, 0.6) is 11.5 Å². The molecule has 7 nitrogen and oxygen atoms in total. The quantitative estimate of drug-likeness (QED) is 0.664. The number of carbonyl (C=O) groups is 2. The molecule has 2 aliphatic rings. The number of carbonyl (C=O) groups excluding carboxylic acids is 2. The predicted octanol–water partition coefficient (Wildman–Crippen LogP) is 3.78. The van der Waals surface area contributed by atoms with Crippen molar-refractivity contribution in [2.45, 2.75) is 38.1 Å². The van der Waals surface area contributed by atoms with Crippen molar-refractivity contribution in [3.8, 4) is 11.5 Å². The number of methoxy groups -OCH3 is 2. The maximum Gasteiger partial charge on any atom is 0.243 e. The molecule has 1 atom stereocenters. The van der Waals surface area contributed by atoms with Crippen LogP contribution < -0.4 is 9.47 Å². The lowest BCUT2D eigenvalue weighted by Gasteiger charge is -2.26. The first-order valence-corrected chi connectivity index (χ1v) is 11.1. The maximum atomic E-state index is 13.0. The van der Waals surface area contributed by atoms with Gasteiger partial charge in [0, 0.05) is 37.4 Å². The van der Waals surface area contributed by atoms with Crippen LogP contribution in [0.3, 0.4) is 0 Å². The molecule has 0 N–H and O–H groups in total. The van der Waals surface area contributed by atoms with E-state index in [9.17, 15) is 9.59 Å². The summed E-state index contributed by atoms with van der Waals surface area (Å²) in [5, 5.41) is 5.99. The number of nitrogens with zero attached hydrogens (tertiary/aromatic N) is 3. The largest absolute Gasteiger partial charge is 0.497 e. The Balaban J connectivity index is 1.38. The highest BCUT2D eigenvalue weighted by Crippen LogP contribution is 2.39. The van der Waals surface area contributed by atoms with Crippen LogP contribution in [0.2, 0.25) is 0 Å². The Morgan fingerprint density at radius 1 is 1.00 bits per heavy atom. The fourth-order valence-electron chi connectivity index (χ4n) is 4.44. The summed E-state index contributed by atoms with van der Waals surface area (Å²) in [5.41, 5.74) is 2.92. The van der Waals surface area contributed by atoms with Crippen LogP contribution in [0, 0.1) is 0 Å². The molecule has 7 heteroatoms. The summed E-state index contributed by atoms with van der Waals surface area (Å²) in [6.07, 6.45) is 2.87. The van der Waals surface area contributed by atoms with Crippen molar-refractivity contribution in [1.82, 2.24) is 9.91 Å². The highest BCUT2D eigenvalue weighted by Gasteiger charge is 2.32. The standard InChI is InChI=1S/C25H29N3O4/c1-31-19-10-11-20(23(17-19)32-2)22-9-6-15-27(22)24(29)12-13-25(30)28-16-14-21(26-28)18-7-4-3-5-8-18/h3-5,7-8,10-11,17,22H,6,9,12-16H2,1-2H3. The first kappa shape index (κ1) is 21.9. The monoisotopic (exact) mass is 435 g/mol. The Morgan fingerprint density at radius 2 is 1.78 bits per heavy atom. The van der Waals surface area contributed by atoms with E-state index in [1.54, 1.807) is 14.2 Å². The normalized spacial score (nSPS) is 17.9. The molecular formula is C25H29N3O4. The van der Waals surface area contributed by atoms with Gasteiger partial charge in [-0.15, -0.1) is 0 Å². The maximum absolute atomic E-state index is 13.0. The number of ether oxygens (including phenoxy) is 2. The smallest absolute Gasteiger partial charge is 0.243 e. The first-order valence-electron chi connectivity index (χ1n) is 11.1. The molecule has 0 aromatic heterocycles. The molecule has 2 aromatic rings. The molecule has 32 heavy (non-hydrogen) atoms. The van der Waals surface area contributed by atoms with Gasteiger partial charge in [-0.1, -0.05) is 30.3 Å². The zero-order valence-electron chi connectivity index (χ0n) is 18.6. The van der Waals surface area contributed by atoms with Gasteiger partial charge in [-0.2, -0.15) is 5.10 Å². The average Bonchev–Trinajstić information content (AvgIpc) is 3.53. The van der Waals surface area contributed by atoms with Crippen molar-refractivity contribution in [1.29, 1.82) is 0 Å². The van der Waals surface area contributed by atoms with Gasteiger partial charge >= 0.3 is 0 Å². The third kappa shape index (κ3) is 4.61. The van der Waals surface area contributed by atoms with Crippen molar-refractivity contribution in [2.75, 3.05) is 27.3 Å². The van der Waals surface area contributed by atoms with Crippen molar-refractivity contribution in [3.05, 3.63) is 59.7 Å². The predicted molar refractivity (Wildman–Crippen MR) is 122 cm³/mol. The lowest BCUT2D eigenvalue weighted by molar-refractivity contribution is -0.137. The van der Waals surface area contributed by atoms with Crippen LogP contribution in [0.4, 0.5) is 0 Å². The lowest BCUT2D eigenvalue weighted by Crippen LogP contribution is -2.32. The second-order valence-electron chi connectivity index (χ2n) is 8.03.